The van der Waals surface area contributed by atoms with Gasteiger partial charge in [-0.05, 0) is 58.8 Å². The van der Waals surface area contributed by atoms with E-state index in [1.54, 1.807) is 6.07 Å². The first-order chi connectivity index (χ1) is 9.47. The molecule has 1 aliphatic rings. The average Bonchev–Trinajstić information content (AvgIpc) is 2.39. The summed E-state index contributed by atoms with van der Waals surface area (Å²) < 4.78 is 0.810. The summed E-state index contributed by atoms with van der Waals surface area (Å²) in [5, 5.41) is 3.92. The number of anilines is 1. The van der Waals surface area contributed by atoms with Crippen molar-refractivity contribution in [3.63, 3.8) is 0 Å². The van der Waals surface area contributed by atoms with E-state index in [1.165, 1.54) is 12.8 Å². The fourth-order valence-electron chi connectivity index (χ4n) is 2.97. The van der Waals surface area contributed by atoms with Crippen molar-refractivity contribution in [1.29, 1.82) is 0 Å². The number of nitrogens with one attached hydrogen (secondary N) is 1. The molecule has 1 aromatic rings. The van der Waals surface area contributed by atoms with E-state index in [0.717, 1.165) is 23.0 Å². The molecular formula is C15H20BrClN2O. The number of hydrogen-bond acceptors (Lipinski definition) is 2. The summed E-state index contributed by atoms with van der Waals surface area (Å²) in [6.07, 6.45) is 4.52. The maximum absolute atomic E-state index is 11.8. The van der Waals surface area contributed by atoms with Crippen LogP contribution in [-0.4, -0.2) is 11.9 Å². The minimum Gasteiger partial charge on any atom is -0.373 e. The smallest absolute Gasteiger partial charge is 0.240 e. The zero-order valence-corrected chi connectivity index (χ0v) is 13.9. The lowest BCUT2D eigenvalue weighted by Crippen LogP contribution is -2.43. The highest BCUT2D eigenvalue weighted by Gasteiger charge is 2.30. The summed E-state index contributed by atoms with van der Waals surface area (Å²) in [5.74, 6) is 0.690. The van der Waals surface area contributed by atoms with Gasteiger partial charge in [0.15, 0.2) is 0 Å². The molecule has 1 aromatic carbocycles. The van der Waals surface area contributed by atoms with Gasteiger partial charge in [-0.1, -0.05) is 31.4 Å². The number of amides is 1. The highest BCUT2D eigenvalue weighted by atomic mass is 79.9. The van der Waals surface area contributed by atoms with Crippen molar-refractivity contribution in [2.24, 2.45) is 17.6 Å². The molecule has 0 heterocycles. The SMILES string of the molecule is CC1CCCC(C(Nc2ccc(Cl)c(Br)c2)C(N)=O)C1. The van der Waals surface area contributed by atoms with Gasteiger partial charge in [-0.25, -0.2) is 0 Å². The Morgan fingerprint density at radius 1 is 1.50 bits per heavy atom. The van der Waals surface area contributed by atoms with Crippen molar-refractivity contribution in [3.05, 3.63) is 27.7 Å². The molecule has 3 unspecified atom stereocenters. The Bertz CT molecular complexity index is 495. The van der Waals surface area contributed by atoms with Crippen molar-refractivity contribution >= 4 is 39.1 Å². The van der Waals surface area contributed by atoms with Gasteiger partial charge in [-0.15, -0.1) is 0 Å². The monoisotopic (exact) mass is 358 g/mol. The van der Waals surface area contributed by atoms with E-state index in [2.05, 4.69) is 28.2 Å². The van der Waals surface area contributed by atoms with Crippen LogP contribution in [0, 0.1) is 11.8 Å². The molecule has 1 aliphatic carbocycles. The zero-order chi connectivity index (χ0) is 14.7. The lowest BCUT2D eigenvalue weighted by Gasteiger charge is -2.32. The van der Waals surface area contributed by atoms with Crippen LogP contribution in [0.1, 0.15) is 32.6 Å². The van der Waals surface area contributed by atoms with Crippen molar-refractivity contribution in [1.82, 2.24) is 0 Å². The van der Waals surface area contributed by atoms with E-state index in [1.807, 2.05) is 12.1 Å². The first-order valence-electron chi connectivity index (χ1n) is 6.98. The van der Waals surface area contributed by atoms with Gasteiger partial charge in [0.05, 0.1) is 5.02 Å². The molecule has 2 rings (SSSR count). The lowest BCUT2D eigenvalue weighted by atomic mass is 9.78. The van der Waals surface area contributed by atoms with Crippen LogP contribution in [0.4, 0.5) is 5.69 Å². The third-order valence-corrected chi connectivity index (χ3v) is 5.21. The molecule has 0 radical (unpaired) electrons. The summed E-state index contributed by atoms with van der Waals surface area (Å²) in [4.78, 5) is 11.8. The van der Waals surface area contributed by atoms with Gasteiger partial charge in [0, 0.05) is 10.2 Å². The standard InChI is InChI=1S/C15H20BrClN2O/c1-9-3-2-4-10(7-9)14(15(18)20)19-11-5-6-13(17)12(16)8-11/h5-6,8-10,14,19H,2-4,7H2,1H3,(H2,18,20). The topological polar surface area (TPSA) is 55.1 Å². The van der Waals surface area contributed by atoms with Crippen LogP contribution in [0.2, 0.25) is 5.02 Å². The predicted octanol–water partition coefficient (Wildman–Crippen LogP) is 4.19. The first kappa shape index (κ1) is 15.6. The summed E-state index contributed by atoms with van der Waals surface area (Å²) in [6, 6.07) is 5.24. The molecule has 20 heavy (non-hydrogen) atoms. The van der Waals surface area contributed by atoms with E-state index in [0.29, 0.717) is 16.9 Å². The van der Waals surface area contributed by atoms with Crippen LogP contribution in [0.3, 0.4) is 0 Å². The van der Waals surface area contributed by atoms with Gasteiger partial charge in [-0.2, -0.15) is 0 Å². The van der Waals surface area contributed by atoms with Crippen molar-refractivity contribution < 1.29 is 4.79 Å². The average molecular weight is 360 g/mol. The molecule has 1 saturated carbocycles. The van der Waals surface area contributed by atoms with E-state index in [4.69, 9.17) is 17.3 Å². The molecule has 1 amide bonds. The number of nitrogens with two attached hydrogens (primary N) is 1. The molecule has 3 atom stereocenters. The van der Waals surface area contributed by atoms with E-state index in [9.17, 15) is 4.79 Å². The van der Waals surface area contributed by atoms with Gasteiger partial charge in [0.25, 0.3) is 0 Å². The molecule has 0 aliphatic heterocycles. The Hall–Kier alpha value is -0.740. The third kappa shape index (κ3) is 3.89. The van der Waals surface area contributed by atoms with Gasteiger partial charge < -0.3 is 11.1 Å². The number of benzene rings is 1. The third-order valence-electron chi connectivity index (χ3n) is 4.00. The molecule has 3 nitrogen and oxygen atoms in total. The lowest BCUT2D eigenvalue weighted by molar-refractivity contribution is -0.120. The minimum absolute atomic E-state index is 0.282. The van der Waals surface area contributed by atoms with E-state index in [-0.39, 0.29) is 11.9 Å². The van der Waals surface area contributed by atoms with Gasteiger partial charge in [0.2, 0.25) is 5.91 Å². The Kier molecular flexibility index (Phi) is 5.33. The largest absolute Gasteiger partial charge is 0.373 e. The Morgan fingerprint density at radius 3 is 2.85 bits per heavy atom. The van der Waals surface area contributed by atoms with Crippen LogP contribution in [-0.2, 0) is 4.79 Å². The molecule has 110 valence electrons. The molecule has 0 aromatic heterocycles. The van der Waals surface area contributed by atoms with Crippen LogP contribution in [0.5, 0.6) is 0 Å². The summed E-state index contributed by atoms with van der Waals surface area (Å²) in [7, 11) is 0. The van der Waals surface area contributed by atoms with Crippen LogP contribution < -0.4 is 11.1 Å². The van der Waals surface area contributed by atoms with Gasteiger partial charge in [-0.3, -0.25) is 4.79 Å². The summed E-state index contributed by atoms with van der Waals surface area (Å²) in [5.41, 5.74) is 6.45. The Labute approximate surface area is 133 Å². The maximum Gasteiger partial charge on any atom is 0.240 e. The second-order valence-corrected chi connectivity index (χ2v) is 6.95. The van der Waals surface area contributed by atoms with Gasteiger partial charge in [0.1, 0.15) is 6.04 Å². The van der Waals surface area contributed by atoms with Gasteiger partial charge >= 0.3 is 0 Å². The van der Waals surface area contributed by atoms with Crippen LogP contribution in [0.25, 0.3) is 0 Å². The normalized spacial score (nSPS) is 24.1. The quantitative estimate of drug-likeness (QED) is 0.846. The molecule has 0 bridgehead atoms. The Balaban J connectivity index is 2.12. The number of halogens is 2. The maximum atomic E-state index is 11.8. The second kappa shape index (κ2) is 6.81. The molecule has 1 fully saturated rings. The summed E-state index contributed by atoms with van der Waals surface area (Å²) >= 11 is 9.37. The summed E-state index contributed by atoms with van der Waals surface area (Å²) in [6.45, 7) is 2.24. The number of rotatable bonds is 4. The fourth-order valence-corrected chi connectivity index (χ4v) is 3.47. The highest BCUT2D eigenvalue weighted by molar-refractivity contribution is 9.10. The van der Waals surface area contributed by atoms with Crippen LogP contribution >= 0.6 is 27.5 Å². The molecule has 0 saturated heterocycles. The number of carbonyl (C=O) groups is 1. The second-order valence-electron chi connectivity index (χ2n) is 5.69. The first-order valence-corrected chi connectivity index (χ1v) is 8.15. The molecule has 0 spiro atoms. The van der Waals surface area contributed by atoms with E-state index >= 15 is 0 Å². The van der Waals surface area contributed by atoms with E-state index < -0.39 is 0 Å². The highest BCUT2D eigenvalue weighted by Crippen LogP contribution is 2.33. The Morgan fingerprint density at radius 2 is 2.25 bits per heavy atom. The predicted molar refractivity (Wildman–Crippen MR) is 86.9 cm³/mol. The van der Waals surface area contributed by atoms with Crippen molar-refractivity contribution in [3.8, 4) is 0 Å². The fraction of sp³-hybridized carbons (Fsp3) is 0.533. The van der Waals surface area contributed by atoms with Crippen molar-refractivity contribution in [2.75, 3.05) is 5.32 Å². The zero-order valence-electron chi connectivity index (χ0n) is 11.5. The molecule has 3 N–H and O–H groups in total. The molecular weight excluding hydrogens is 340 g/mol. The molecule has 5 heteroatoms. The van der Waals surface area contributed by atoms with Crippen molar-refractivity contribution in [2.45, 2.75) is 38.6 Å². The minimum atomic E-state index is -0.314. The number of hydrogen-bond donors (Lipinski definition) is 2. The number of primary amides is 1. The number of carbonyl (C=O) groups excluding carboxylic acids is 1. The van der Waals surface area contributed by atoms with Crippen LogP contribution in [0.15, 0.2) is 22.7 Å².